The van der Waals surface area contributed by atoms with Crippen molar-refractivity contribution in [3.63, 3.8) is 0 Å². The van der Waals surface area contributed by atoms with E-state index < -0.39 is 11.9 Å². The molecule has 0 atom stereocenters. The predicted molar refractivity (Wildman–Crippen MR) is 68.6 cm³/mol. The summed E-state index contributed by atoms with van der Waals surface area (Å²) in [6.07, 6.45) is -3.07. The summed E-state index contributed by atoms with van der Waals surface area (Å²) in [5.74, 6) is 0. The first-order chi connectivity index (χ1) is 8.84. The van der Waals surface area contributed by atoms with Crippen molar-refractivity contribution in [2.24, 2.45) is 0 Å². The van der Waals surface area contributed by atoms with E-state index in [4.69, 9.17) is 16.9 Å². The third kappa shape index (κ3) is 2.62. The number of halogens is 5. The first-order valence-electron chi connectivity index (χ1n) is 4.99. The molecule has 1 aromatic carbocycles. The molecule has 2 nitrogen and oxygen atoms in total. The van der Waals surface area contributed by atoms with Crippen LogP contribution in [0, 0.1) is 11.5 Å². The maximum absolute atomic E-state index is 12.9. The van der Waals surface area contributed by atoms with Crippen LogP contribution in [-0.2, 0) is 6.18 Å². The van der Waals surface area contributed by atoms with Gasteiger partial charge in [0.2, 0.25) is 0 Å². The molecule has 2 rings (SSSR count). The molecule has 0 saturated heterocycles. The van der Waals surface area contributed by atoms with E-state index in [-0.39, 0.29) is 10.2 Å². The zero-order chi connectivity index (χ0) is 14.2. The fraction of sp³-hybridized carbons (Fsp3) is 0.0833. The van der Waals surface area contributed by atoms with Crippen LogP contribution in [0.2, 0.25) is 5.02 Å². The van der Waals surface area contributed by atoms with Gasteiger partial charge in [-0.3, -0.25) is 0 Å². The van der Waals surface area contributed by atoms with E-state index in [0.717, 1.165) is 0 Å². The average molecular weight is 350 g/mol. The van der Waals surface area contributed by atoms with Crippen LogP contribution in [-0.4, -0.2) is 4.57 Å². The highest BCUT2D eigenvalue weighted by Crippen LogP contribution is 2.39. The average Bonchev–Trinajstić information content (AvgIpc) is 2.66. The van der Waals surface area contributed by atoms with Crippen molar-refractivity contribution in [2.75, 3.05) is 0 Å². The summed E-state index contributed by atoms with van der Waals surface area (Å²) in [6.45, 7) is 0. The lowest BCUT2D eigenvalue weighted by molar-refractivity contribution is -0.142. The number of alkyl halides is 3. The monoisotopic (exact) mass is 348 g/mol. The molecule has 0 amide bonds. The first kappa shape index (κ1) is 14.0. The number of benzene rings is 1. The predicted octanol–water partition coefficient (Wildman–Crippen LogP) is 4.92. The van der Waals surface area contributed by atoms with E-state index >= 15 is 0 Å². The molecule has 0 saturated carbocycles. The van der Waals surface area contributed by atoms with E-state index in [1.54, 1.807) is 24.3 Å². The molecule has 0 bridgehead atoms. The molecule has 0 aliphatic carbocycles. The fourth-order valence-corrected chi connectivity index (χ4v) is 2.42. The van der Waals surface area contributed by atoms with Gasteiger partial charge in [0.05, 0.1) is 5.69 Å². The number of hydrogen-bond acceptors (Lipinski definition) is 1. The number of rotatable bonds is 1. The Labute approximate surface area is 120 Å². The molecule has 0 unspecified atom stereocenters. The van der Waals surface area contributed by atoms with Crippen LogP contribution in [0.5, 0.6) is 0 Å². The van der Waals surface area contributed by atoms with Gasteiger partial charge in [-0.2, -0.15) is 18.4 Å². The maximum Gasteiger partial charge on any atom is 0.433 e. The zero-order valence-corrected chi connectivity index (χ0v) is 11.5. The minimum atomic E-state index is -4.61. The van der Waals surface area contributed by atoms with Crippen LogP contribution in [0.3, 0.4) is 0 Å². The van der Waals surface area contributed by atoms with Crippen molar-refractivity contribution >= 4 is 27.5 Å². The molecule has 0 aliphatic heterocycles. The normalized spacial score (nSPS) is 11.4. The molecule has 2 aromatic rings. The highest BCUT2D eigenvalue weighted by atomic mass is 79.9. The number of nitrogens with zero attached hydrogens (tertiary/aromatic N) is 2. The Balaban J connectivity index is 2.67. The van der Waals surface area contributed by atoms with Crippen molar-refractivity contribution < 1.29 is 13.2 Å². The Morgan fingerprint density at radius 3 is 2.26 bits per heavy atom. The smallest absolute Gasteiger partial charge is 0.241 e. The van der Waals surface area contributed by atoms with E-state index in [9.17, 15) is 13.2 Å². The quantitative estimate of drug-likeness (QED) is 0.718. The minimum Gasteiger partial charge on any atom is -0.241 e. The molecule has 19 heavy (non-hydrogen) atoms. The SMILES string of the molecule is N#Cn1c(-c2ccc(Cl)cc2)cc(Br)c1C(F)(F)F. The van der Waals surface area contributed by atoms with Gasteiger partial charge in [-0.25, -0.2) is 4.57 Å². The van der Waals surface area contributed by atoms with E-state index in [1.807, 2.05) is 0 Å². The van der Waals surface area contributed by atoms with E-state index in [1.165, 1.54) is 12.3 Å². The maximum atomic E-state index is 12.9. The van der Waals surface area contributed by atoms with Gasteiger partial charge in [0.25, 0.3) is 0 Å². The molecule has 0 aliphatic rings. The van der Waals surface area contributed by atoms with E-state index in [0.29, 0.717) is 15.2 Å². The Bertz CT molecular complexity index is 653. The third-order valence-corrected chi connectivity index (χ3v) is 3.32. The summed E-state index contributed by atoms with van der Waals surface area (Å²) in [6, 6.07) is 7.46. The van der Waals surface area contributed by atoms with Gasteiger partial charge in [-0.15, -0.1) is 0 Å². The molecule has 98 valence electrons. The van der Waals surface area contributed by atoms with Crippen LogP contribution in [0.1, 0.15) is 5.69 Å². The molecule has 0 spiro atoms. The number of nitriles is 1. The van der Waals surface area contributed by atoms with Gasteiger partial charge in [0, 0.05) is 9.50 Å². The lowest BCUT2D eigenvalue weighted by Gasteiger charge is -2.08. The second-order valence-corrected chi connectivity index (χ2v) is 4.96. The van der Waals surface area contributed by atoms with Crippen LogP contribution in [0.25, 0.3) is 11.3 Å². The number of aromatic nitrogens is 1. The van der Waals surface area contributed by atoms with Gasteiger partial charge >= 0.3 is 6.18 Å². The van der Waals surface area contributed by atoms with Gasteiger partial charge < -0.3 is 0 Å². The fourth-order valence-electron chi connectivity index (χ4n) is 1.68. The molecule has 0 radical (unpaired) electrons. The van der Waals surface area contributed by atoms with Gasteiger partial charge in [0.1, 0.15) is 0 Å². The highest BCUT2D eigenvalue weighted by Gasteiger charge is 2.38. The first-order valence-corrected chi connectivity index (χ1v) is 6.16. The lowest BCUT2D eigenvalue weighted by atomic mass is 10.1. The van der Waals surface area contributed by atoms with Crippen molar-refractivity contribution in [3.05, 3.63) is 45.5 Å². The Morgan fingerprint density at radius 2 is 1.79 bits per heavy atom. The molecule has 0 fully saturated rings. The lowest BCUT2D eigenvalue weighted by Crippen LogP contribution is -2.12. The van der Waals surface area contributed by atoms with Crippen LogP contribution in [0.15, 0.2) is 34.8 Å². The molecular formula is C12H5BrClF3N2. The van der Waals surface area contributed by atoms with Crippen LogP contribution in [0.4, 0.5) is 13.2 Å². The summed E-state index contributed by atoms with van der Waals surface area (Å²) in [7, 11) is 0. The third-order valence-electron chi connectivity index (χ3n) is 2.46. The summed E-state index contributed by atoms with van der Waals surface area (Å²) >= 11 is 8.56. The van der Waals surface area contributed by atoms with E-state index in [2.05, 4.69) is 15.9 Å². The molecular weight excluding hydrogens is 344 g/mol. The summed E-state index contributed by atoms with van der Waals surface area (Å²) in [4.78, 5) is 0. The summed E-state index contributed by atoms with van der Waals surface area (Å²) in [5.41, 5.74) is -0.402. The van der Waals surface area contributed by atoms with Crippen molar-refractivity contribution in [1.29, 1.82) is 5.26 Å². The highest BCUT2D eigenvalue weighted by molar-refractivity contribution is 9.10. The molecule has 7 heteroatoms. The van der Waals surface area contributed by atoms with Crippen molar-refractivity contribution in [2.45, 2.75) is 6.18 Å². The molecule has 1 aromatic heterocycles. The van der Waals surface area contributed by atoms with Crippen LogP contribution >= 0.6 is 27.5 Å². The second-order valence-electron chi connectivity index (χ2n) is 3.67. The largest absolute Gasteiger partial charge is 0.433 e. The Hall–Kier alpha value is -1.45. The standard InChI is InChI=1S/C12H5BrClF3N2/c13-9-5-10(7-1-3-8(14)4-2-7)19(6-18)11(9)12(15,16)17/h1-5H. The Morgan fingerprint density at radius 1 is 1.21 bits per heavy atom. The topological polar surface area (TPSA) is 28.7 Å². The summed E-state index contributed by atoms with van der Waals surface area (Å²) in [5, 5.41) is 9.42. The number of hydrogen-bond donors (Lipinski definition) is 0. The molecule has 0 N–H and O–H groups in total. The minimum absolute atomic E-state index is 0.151. The van der Waals surface area contributed by atoms with Crippen molar-refractivity contribution in [3.8, 4) is 17.5 Å². The second kappa shape index (κ2) is 4.91. The van der Waals surface area contributed by atoms with Gasteiger partial charge in [-0.1, -0.05) is 23.7 Å². The summed E-state index contributed by atoms with van der Waals surface area (Å²) < 4.78 is 39.0. The zero-order valence-electron chi connectivity index (χ0n) is 9.17. The van der Waals surface area contributed by atoms with Gasteiger partial charge in [0.15, 0.2) is 11.9 Å². The van der Waals surface area contributed by atoms with Crippen molar-refractivity contribution in [1.82, 2.24) is 4.57 Å². The molecule has 1 heterocycles. The van der Waals surface area contributed by atoms with Crippen LogP contribution < -0.4 is 0 Å². The Kier molecular flexibility index (Phi) is 3.61. The van der Waals surface area contributed by atoms with Gasteiger partial charge in [-0.05, 0) is 39.7 Å².